The number of thioether (sulfide) groups is 1. The number of methoxy groups -OCH3 is 2. The van der Waals surface area contributed by atoms with Crippen molar-refractivity contribution in [2.24, 2.45) is 5.92 Å². The summed E-state index contributed by atoms with van der Waals surface area (Å²) in [7, 11) is 2.90. The van der Waals surface area contributed by atoms with Crippen molar-refractivity contribution < 1.29 is 33.9 Å². The molecule has 0 aliphatic carbocycles. The molecule has 3 aromatic carbocycles. The standard InChI is InChI=1S/C30H24N4O9S2/c1-42-19-10-4-16(5-11-19)31-22(36)14-32-29-26(45-30(32)39)23(15-3-12-20(35)21(13-15)43-2)24-25(44-29)28(38)33(27(24)37)17-6-8-18(9-7-17)34(40)41/h3-13,23-25,35H,14H2,1-2H3,(H,31,36)/t23-,24?,25?/m0/s1. The van der Waals surface area contributed by atoms with Gasteiger partial charge in [-0.05, 0) is 54.1 Å². The van der Waals surface area contributed by atoms with Crippen molar-refractivity contribution in [1.29, 1.82) is 0 Å². The SMILES string of the molecule is COc1ccc(NC(=O)Cn2c3c(sc2=O)[C@@H](c2ccc(O)c(OC)c2)C2C(=O)N(c4ccc([N+](=O)[O-])cc4)C(=O)C2S3)cc1. The van der Waals surface area contributed by atoms with E-state index in [1.165, 1.54) is 49.1 Å². The minimum atomic E-state index is -0.977. The first kappa shape index (κ1) is 29.9. The average molecular weight is 649 g/mol. The molecule has 2 aliphatic rings. The molecule has 3 amide bonds. The van der Waals surface area contributed by atoms with E-state index in [2.05, 4.69) is 5.32 Å². The van der Waals surface area contributed by atoms with Gasteiger partial charge in [0.2, 0.25) is 17.7 Å². The van der Waals surface area contributed by atoms with E-state index in [0.29, 0.717) is 26.9 Å². The third-order valence-corrected chi connectivity index (χ3v) is 10.2. The maximum atomic E-state index is 14.0. The number of anilines is 2. The van der Waals surface area contributed by atoms with Crippen molar-refractivity contribution in [3.8, 4) is 17.2 Å². The fourth-order valence-electron chi connectivity index (χ4n) is 5.50. The van der Waals surface area contributed by atoms with Crippen molar-refractivity contribution in [1.82, 2.24) is 4.57 Å². The number of nitro groups is 1. The number of thiazole rings is 1. The number of nitro benzene ring substituents is 1. The zero-order valence-electron chi connectivity index (χ0n) is 23.7. The van der Waals surface area contributed by atoms with Crippen LogP contribution in [0.2, 0.25) is 0 Å². The highest BCUT2D eigenvalue weighted by Crippen LogP contribution is 2.54. The Morgan fingerprint density at radius 3 is 2.36 bits per heavy atom. The molecule has 3 heterocycles. The minimum absolute atomic E-state index is 0.134. The predicted octanol–water partition coefficient (Wildman–Crippen LogP) is 3.98. The number of hydrogen-bond acceptors (Lipinski definition) is 11. The highest BCUT2D eigenvalue weighted by atomic mass is 32.2. The van der Waals surface area contributed by atoms with Crippen LogP contribution in [0.3, 0.4) is 0 Å². The lowest BCUT2D eigenvalue weighted by Crippen LogP contribution is -2.33. The Bertz CT molecular complexity index is 1900. The van der Waals surface area contributed by atoms with Gasteiger partial charge in [0, 0.05) is 28.6 Å². The van der Waals surface area contributed by atoms with Crippen molar-refractivity contribution in [2.45, 2.75) is 22.7 Å². The number of fused-ring (bicyclic) bond motifs is 2. The van der Waals surface area contributed by atoms with E-state index in [-0.39, 0.29) is 29.4 Å². The van der Waals surface area contributed by atoms with Crippen LogP contribution in [0.5, 0.6) is 17.2 Å². The van der Waals surface area contributed by atoms with Crippen LogP contribution in [0, 0.1) is 16.0 Å². The number of imide groups is 1. The van der Waals surface area contributed by atoms with E-state index in [1.807, 2.05) is 0 Å². The molecule has 230 valence electrons. The Hall–Kier alpha value is -5.15. The topological polar surface area (TPSA) is 170 Å². The van der Waals surface area contributed by atoms with Gasteiger partial charge in [0.15, 0.2) is 11.5 Å². The van der Waals surface area contributed by atoms with E-state index in [4.69, 9.17) is 9.47 Å². The summed E-state index contributed by atoms with van der Waals surface area (Å²) in [6.07, 6.45) is 0. The Balaban J connectivity index is 1.40. The number of rotatable bonds is 8. The lowest BCUT2D eigenvalue weighted by Gasteiger charge is -2.31. The fourth-order valence-corrected chi connectivity index (χ4v) is 8.27. The molecule has 0 spiro atoms. The van der Waals surface area contributed by atoms with Crippen molar-refractivity contribution in [3.63, 3.8) is 0 Å². The van der Waals surface area contributed by atoms with E-state index < -0.39 is 44.6 Å². The first-order chi connectivity index (χ1) is 21.6. The Labute approximate surface area is 263 Å². The van der Waals surface area contributed by atoms with Crippen LogP contribution in [0.25, 0.3) is 0 Å². The third kappa shape index (κ3) is 5.29. The molecule has 1 aromatic heterocycles. The van der Waals surface area contributed by atoms with Gasteiger partial charge in [-0.3, -0.25) is 33.9 Å². The number of ether oxygens (including phenoxy) is 2. The van der Waals surface area contributed by atoms with Gasteiger partial charge < -0.3 is 19.9 Å². The summed E-state index contributed by atoms with van der Waals surface area (Å²) in [5.41, 5.74) is 0.990. The smallest absolute Gasteiger partial charge is 0.308 e. The molecule has 2 N–H and O–H groups in total. The number of aromatic hydroxyl groups is 1. The van der Waals surface area contributed by atoms with Gasteiger partial charge in [-0.15, -0.1) is 0 Å². The summed E-state index contributed by atoms with van der Waals surface area (Å²) < 4.78 is 11.7. The molecule has 0 radical (unpaired) electrons. The van der Waals surface area contributed by atoms with Gasteiger partial charge >= 0.3 is 4.87 Å². The predicted molar refractivity (Wildman–Crippen MR) is 165 cm³/mol. The molecule has 6 rings (SSSR count). The van der Waals surface area contributed by atoms with Gasteiger partial charge in [0.25, 0.3) is 5.69 Å². The van der Waals surface area contributed by atoms with Crippen molar-refractivity contribution in [3.05, 3.63) is 97.0 Å². The number of hydrogen-bond donors (Lipinski definition) is 2. The number of amides is 3. The van der Waals surface area contributed by atoms with Crippen molar-refractivity contribution in [2.75, 3.05) is 24.4 Å². The Morgan fingerprint density at radius 2 is 1.71 bits per heavy atom. The third-order valence-electron chi connectivity index (χ3n) is 7.61. The zero-order valence-corrected chi connectivity index (χ0v) is 25.3. The second-order valence-electron chi connectivity index (χ2n) is 10.2. The van der Waals surface area contributed by atoms with Gasteiger partial charge in [-0.25, -0.2) is 4.90 Å². The fraction of sp³-hybridized carbons (Fsp3) is 0.200. The molecular formula is C30H24N4O9S2. The lowest BCUT2D eigenvalue weighted by molar-refractivity contribution is -0.384. The van der Waals surface area contributed by atoms with Crippen LogP contribution in [0.1, 0.15) is 16.4 Å². The molecule has 2 unspecified atom stereocenters. The highest BCUT2D eigenvalue weighted by molar-refractivity contribution is 8.00. The molecule has 3 atom stereocenters. The summed E-state index contributed by atoms with van der Waals surface area (Å²) in [5, 5.41) is 23.6. The molecule has 1 saturated heterocycles. The van der Waals surface area contributed by atoms with Crippen LogP contribution >= 0.6 is 23.1 Å². The van der Waals surface area contributed by atoms with E-state index in [0.717, 1.165) is 28.0 Å². The van der Waals surface area contributed by atoms with Gasteiger partial charge in [-0.2, -0.15) is 0 Å². The minimum Gasteiger partial charge on any atom is -0.504 e. The Kier molecular flexibility index (Phi) is 7.80. The quantitative estimate of drug-likeness (QED) is 0.162. The van der Waals surface area contributed by atoms with Crippen molar-refractivity contribution >= 4 is 57.9 Å². The number of nitrogens with one attached hydrogen (secondary N) is 1. The molecule has 45 heavy (non-hydrogen) atoms. The molecule has 4 aromatic rings. The summed E-state index contributed by atoms with van der Waals surface area (Å²) in [4.78, 5) is 66.0. The van der Waals surface area contributed by atoms with E-state index in [1.54, 1.807) is 36.4 Å². The van der Waals surface area contributed by atoms with Gasteiger partial charge in [0.05, 0.1) is 35.8 Å². The van der Waals surface area contributed by atoms with Crippen LogP contribution in [-0.4, -0.2) is 51.8 Å². The van der Waals surface area contributed by atoms with Crippen LogP contribution in [0.4, 0.5) is 17.1 Å². The molecule has 0 bridgehead atoms. The summed E-state index contributed by atoms with van der Waals surface area (Å²) in [5.74, 6) is -2.73. The monoisotopic (exact) mass is 648 g/mol. The summed E-state index contributed by atoms with van der Waals surface area (Å²) in [6.45, 7) is -0.346. The van der Waals surface area contributed by atoms with Crippen LogP contribution in [0.15, 0.2) is 76.6 Å². The number of non-ortho nitro benzene ring substituents is 1. The second kappa shape index (κ2) is 11.7. The number of nitrogens with zero attached hydrogens (tertiary/aromatic N) is 3. The lowest BCUT2D eigenvalue weighted by atomic mass is 9.83. The first-order valence-corrected chi connectivity index (χ1v) is 15.1. The summed E-state index contributed by atoms with van der Waals surface area (Å²) >= 11 is 1.91. The number of carbonyl (C=O) groups excluding carboxylic acids is 3. The van der Waals surface area contributed by atoms with E-state index in [9.17, 15) is 34.4 Å². The zero-order chi connectivity index (χ0) is 32.0. The molecular weight excluding hydrogens is 624 g/mol. The first-order valence-electron chi connectivity index (χ1n) is 13.4. The molecule has 1 fully saturated rings. The van der Waals surface area contributed by atoms with E-state index >= 15 is 0 Å². The number of phenols is 1. The van der Waals surface area contributed by atoms with Gasteiger partial charge in [-0.1, -0.05) is 29.2 Å². The van der Waals surface area contributed by atoms with Crippen LogP contribution in [-0.2, 0) is 20.9 Å². The number of phenolic OH excluding ortho intramolecular Hbond substituents is 1. The maximum Gasteiger partial charge on any atom is 0.308 e. The maximum absolute atomic E-state index is 14.0. The molecule has 15 heteroatoms. The summed E-state index contributed by atoms with van der Waals surface area (Å²) in [6, 6.07) is 16.3. The number of benzene rings is 3. The Morgan fingerprint density at radius 1 is 1.00 bits per heavy atom. The molecule has 13 nitrogen and oxygen atoms in total. The van der Waals surface area contributed by atoms with Gasteiger partial charge in [0.1, 0.15) is 17.5 Å². The molecule has 2 aliphatic heterocycles. The van der Waals surface area contributed by atoms with Crippen LogP contribution < -0.4 is 24.6 Å². The number of carbonyl (C=O) groups is 3. The highest BCUT2D eigenvalue weighted by Gasteiger charge is 2.57. The normalized spacial score (nSPS) is 18.7. The second-order valence-corrected chi connectivity index (χ2v) is 12.3. The largest absolute Gasteiger partial charge is 0.504 e. The number of aromatic nitrogens is 1. The molecule has 0 saturated carbocycles. The average Bonchev–Trinajstić information content (AvgIpc) is 3.47.